The van der Waals surface area contributed by atoms with Crippen LogP contribution >= 0.6 is 11.6 Å². The Labute approximate surface area is 136 Å². The van der Waals surface area contributed by atoms with E-state index in [9.17, 15) is 9.18 Å². The van der Waals surface area contributed by atoms with Crippen LogP contribution < -0.4 is 5.32 Å². The Kier molecular flexibility index (Phi) is 5.81. The Morgan fingerprint density at radius 2 is 2.23 bits per heavy atom. The number of carbonyl (C=O) groups excluding carboxylic acids is 1. The molecule has 0 aromatic heterocycles. The molecule has 1 aliphatic heterocycles. The van der Waals surface area contributed by atoms with Gasteiger partial charge in [0.2, 0.25) is 5.91 Å². The molecule has 0 radical (unpaired) electrons. The van der Waals surface area contributed by atoms with E-state index in [1.165, 1.54) is 6.07 Å². The van der Waals surface area contributed by atoms with Crippen LogP contribution in [0.5, 0.6) is 0 Å². The summed E-state index contributed by atoms with van der Waals surface area (Å²) >= 11 is 5.69. The number of nitrogens with zero attached hydrogens (tertiary/aromatic N) is 1. The Balaban J connectivity index is 1.87. The zero-order chi connectivity index (χ0) is 16.3. The van der Waals surface area contributed by atoms with Gasteiger partial charge >= 0.3 is 0 Å². The maximum Gasteiger partial charge on any atom is 0.225 e. The van der Waals surface area contributed by atoms with E-state index >= 15 is 0 Å². The van der Waals surface area contributed by atoms with Crippen LogP contribution in [-0.4, -0.2) is 29.9 Å². The highest BCUT2D eigenvalue weighted by Gasteiger charge is 2.29. The monoisotopic (exact) mass is 326 g/mol. The van der Waals surface area contributed by atoms with Crippen LogP contribution in [0.2, 0.25) is 5.02 Å². The number of benzene rings is 1. The molecule has 22 heavy (non-hydrogen) atoms. The van der Waals surface area contributed by atoms with Gasteiger partial charge in [0.15, 0.2) is 0 Å². The lowest BCUT2D eigenvalue weighted by molar-refractivity contribution is -0.136. The number of halogens is 2. The Morgan fingerprint density at radius 1 is 1.50 bits per heavy atom. The highest BCUT2D eigenvalue weighted by molar-refractivity contribution is 6.30. The molecular formula is C17H24ClFN2O. The Bertz CT molecular complexity index is 535. The van der Waals surface area contributed by atoms with E-state index in [2.05, 4.69) is 12.2 Å². The van der Waals surface area contributed by atoms with Crippen LogP contribution in [0.25, 0.3) is 0 Å². The van der Waals surface area contributed by atoms with Crippen molar-refractivity contribution in [1.29, 1.82) is 0 Å². The highest BCUT2D eigenvalue weighted by Crippen LogP contribution is 2.20. The zero-order valence-electron chi connectivity index (χ0n) is 13.4. The first-order valence-corrected chi connectivity index (χ1v) is 8.22. The molecule has 0 spiro atoms. The summed E-state index contributed by atoms with van der Waals surface area (Å²) in [5.41, 5.74) is 0.884. The van der Waals surface area contributed by atoms with Crippen molar-refractivity contribution in [2.24, 2.45) is 11.8 Å². The van der Waals surface area contributed by atoms with E-state index in [-0.39, 0.29) is 22.7 Å². The second kappa shape index (κ2) is 7.42. The predicted octanol–water partition coefficient (Wildman–Crippen LogP) is 3.46. The third kappa shape index (κ3) is 4.20. The fraction of sp³-hybridized carbons (Fsp3) is 0.588. The Morgan fingerprint density at radius 3 is 2.82 bits per heavy atom. The molecule has 3 nitrogen and oxygen atoms in total. The number of likely N-dealkylation sites (tertiary alicyclic amines) is 1. The van der Waals surface area contributed by atoms with Gasteiger partial charge in [-0.3, -0.25) is 4.79 Å². The number of piperidine rings is 1. The van der Waals surface area contributed by atoms with Crippen molar-refractivity contribution in [2.75, 3.05) is 13.1 Å². The second-order valence-electron chi connectivity index (χ2n) is 6.44. The molecule has 0 aliphatic carbocycles. The molecule has 2 unspecified atom stereocenters. The number of hydrogen-bond acceptors (Lipinski definition) is 2. The minimum absolute atomic E-state index is 0.0498. The van der Waals surface area contributed by atoms with Crippen molar-refractivity contribution >= 4 is 17.5 Å². The van der Waals surface area contributed by atoms with E-state index in [1.807, 2.05) is 24.8 Å². The van der Waals surface area contributed by atoms with Crippen molar-refractivity contribution in [1.82, 2.24) is 10.2 Å². The molecule has 1 amide bonds. The molecule has 1 fully saturated rings. The summed E-state index contributed by atoms with van der Waals surface area (Å²) in [6.45, 7) is 8.21. The standard InChI is InChI=1S/C17H24ClFN2O/c1-11(2)17(22)21-7-6-16(12(3)10-21)20-9-13-4-5-14(18)15(19)8-13/h4-5,8,11-12,16,20H,6-7,9-10H2,1-3H3. The first-order chi connectivity index (χ1) is 10.4. The number of amides is 1. The average Bonchev–Trinajstić information content (AvgIpc) is 2.48. The lowest BCUT2D eigenvalue weighted by atomic mass is 9.93. The van der Waals surface area contributed by atoms with Gasteiger partial charge in [-0.2, -0.15) is 0 Å². The average molecular weight is 327 g/mol. The minimum atomic E-state index is -0.383. The quantitative estimate of drug-likeness (QED) is 0.919. The third-order valence-corrected chi connectivity index (χ3v) is 4.57. The van der Waals surface area contributed by atoms with Crippen molar-refractivity contribution in [3.05, 3.63) is 34.6 Å². The van der Waals surface area contributed by atoms with Crippen LogP contribution in [0.3, 0.4) is 0 Å². The molecule has 1 aromatic carbocycles. The third-order valence-electron chi connectivity index (χ3n) is 4.26. The van der Waals surface area contributed by atoms with E-state index in [1.54, 1.807) is 6.07 Å². The largest absolute Gasteiger partial charge is 0.342 e. The molecule has 1 saturated heterocycles. The summed E-state index contributed by atoms with van der Waals surface area (Å²) in [7, 11) is 0. The molecule has 5 heteroatoms. The lowest BCUT2D eigenvalue weighted by Crippen LogP contribution is -2.50. The fourth-order valence-corrected chi connectivity index (χ4v) is 3.03. The van der Waals surface area contributed by atoms with E-state index in [4.69, 9.17) is 11.6 Å². The molecule has 2 rings (SSSR count). The normalized spacial score (nSPS) is 22.2. The maximum atomic E-state index is 13.4. The fourth-order valence-electron chi connectivity index (χ4n) is 2.91. The highest BCUT2D eigenvalue weighted by atomic mass is 35.5. The second-order valence-corrected chi connectivity index (χ2v) is 6.85. The van der Waals surface area contributed by atoms with Gasteiger partial charge in [0.25, 0.3) is 0 Å². The summed E-state index contributed by atoms with van der Waals surface area (Å²) in [4.78, 5) is 14.0. The molecule has 1 N–H and O–H groups in total. The van der Waals surface area contributed by atoms with Gasteiger partial charge in [0.1, 0.15) is 5.82 Å². The molecule has 122 valence electrons. The van der Waals surface area contributed by atoms with Gasteiger partial charge in [-0.15, -0.1) is 0 Å². The van der Waals surface area contributed by atoms with Gasteiger partial charge < -0.3 is 10.2 Å². The maximum absolute atomic E-state index is 13.4. The smallest absolute Gasteiger partial charge is 0.225 e. The van der Waals surface area contributed by atoms with Crippen LogP contribution in [0.1, 0.15) is 32.8 Å². The van der Waals surface area contributed by atoms with Crippen molar-refractivity contribution in [3.8, 4) is 0 Å². The number of nitrogens with one attached hydrogen (secondary N) is 1. The van der Waals surface area contributed by atoms with Crippen LogP contribution in [0.4, 0.5) is 4.39 Å². The van der Waals surface area contributed by atoms with E-state index < -0.39 is 0 Å². The zero-order valence-corrected chi connectivity index (χ0v) is 14.2. The van der Waals surface area contributed by atoms with Crippen LogP contribution in [0.15, 0.2) is 18.2 Å². The number of hydrogen-bond donors (Lipinski definition) is 1. The molecular weight excluding hydrogens is 303 g/mol. The van der Waals surface area contributed by atoms with Gasteiger partial charge in [-0.1, -0.05) is 38.4 Å². The molecule has 1 aliphatic rings. The van der Waals surface area contributed by atoms with E-state index in [0.717, 1.165) is 25.1 Å². The van der Waals surface area contributed by atoms with Crippen molar-refractivity contribution < 1.29 is 9.18 Å². The van der Waals surface area contributed by atoms with Gasteiger partial charge in [-0.05, 0) is 30.0 Å². The van der Waals surface area contributed by atoms with Crippen LogP contribution in [0, 0.1) is 17.7 Å². The van der Waals surface area contributed by atoms with E-state index in [0.29, 0.717) is 18.5 Å². The summed E-state index contributed by atoms with van der Waals surface area (Å²) in [5.74, 6) is 0.277. The molecule has 2 atom stereocenters. The first-order valence-electron chi connectivity index (χ1n) is 7.84. The summed E-state index contributed by atoms with van der Waals surface area (Å²) in [5, 5.41) is 3.63. The number of rotatable bonds is 4. The summed E-state index contributed by atoms with van der Waals surface area (Å²) < 4.78 is 13.4. The molecule has 1 aromatic rings. The molecule has 0 saturated carbocycles. The van der Waals surface area contributed by atoms with Gasteiger partial charge in [0.05, 0.1) is 5.02 Å². The Hall–Kier alpha value is -1.13. The lowest BCUT2D eigenvalue weighted by Gasteiger charge is -2.38. The SMILES string of the molecule is CC(C)C(=O)N1CCC(NCc2ccc(Cl)c(F)c2)C(C)C1. The topological polar surface area (TPSA) is 32.3 Å². The summed E-state index contributed by atoms with van der Waals surface area (Å²) in [6, 6.07) is 5.23. The number of carbonyl (C=O) groups is 1. The first kappa shape index (κ1) is 17.2. The summed E-state index contributed by atoms with van der Waals surface area (Å²) in [6.07, 6.45) is 0.926. The van der Waals surface area contributed by atoms with Gasteiger partial charge in [0, 0.05) is 31.6 Å². The molecule has 0 bridgehead atoms. The predicted molar refractivity (Wildman–Crippen MR) is 87.2 cm³/mol. The minimum Gasteiger partial charge on any atom is -0.342 e. The van der Waals surface area contributed by atoms with Gasteiger partial charge in [-0.25, -0.2) is 4.39 Å². The van der Waals surface area contributed by atoms with Crippen molar-refractivity contribution in [3.63, 3.8) is 0 Å². The molecule has 1 heterocycles. The van der Waals surface area contributed by atoms with Crippen LogP contribution in [-0.2, 0) is 11.3 Å². The van der Waals surface area contributed by atoms with Crippen molar-refractivity contribution in [2.45, 2.75) is 39.8 Å².